The molecule has 3 rings (SSSR count). The highest BCUT2D eigenvalue weighted by Crippen LogP contribution is 2.27. The predicted molar refractivity (Wildman–Crippen MR) is 91.8 cm³/mol. The summed E-state index contributed by atoms with van der Waals surface area (Å²) in [5.41, 5.74) is 1.46. The van der Waals surface area contributed by atoms with Crippen LogP contribution in [-0.4, -0.2) is 32.5 Å². The number of nitrogens with one attached hydrogen (secondary N) is 1. The molecule has 1 aromatic carbocycles. The first-order chi connectivity index (χ1) is 11.9. The first kappa shape index (κ1) is 17.2. The summed E-state index contributed by atoms with van der Waals surface area (Å²) in [5.74, 6) is 0.0791. The minimum absolute atomic E-state index is 0.0471. The number of carbonyl (C=O) groups excluding carboxylic acids is 1. The van der Waals surface area contributed by atoms with Crippen molar-refractivity contribution in [3.63, 3.8) is 0 Å². The molecule has 25 heavy (non-hydrogen) atoms. The van der Waals surface area contributed by atoms with Crippen molar-refractivity contribution in [2.75, 3.05) is 11.9 Å². The monoisotopic (exact) mass is 381 g/mol. The predicted octanol–water partition coefficient (Wildman–Crippen LogP) is 3.10. The first-order valence-corrected chi connectivity index (χ1v) is 7.90. The molecular weight excluding hydrogens is 369 g/mol. The van der Waals surface area contributed by atoms with E-state index in [1.165, 1.54) is 6.07 Å². The Balaban J connectivity index is 1.60. The number of amides is 1. The summed E-state index contributed by atoms with van der Waals surface area (Å²) in [5, 5.41) is 15.1. The van der Waals surface area contributed by atoms with E-state index in [9.17, 15) is 4.79 Å². The molecule has 10 heteroatoms. The molecule has 0 radical (unpaired) electrons. The third-order valence-electron chi connectivity index (χ3n) is 3.26. The fourth-order valence-electron chi connectivity index (χ4n) is 1.93. The zero-order valence-corrected chi connectivity index (χ0v) is 14.8. The van der Waals surface area contributed by atoms with E-state index < -0.39 is 5.91 Å². The number of nitrogens with zero attached hydrogens (tertiary/aromatic N) is 4. The lowest BCUT2D eigenvalue weighted by Crippen LogP contribution is -2.20. The van der Waals surface area contributed by atoms with E-state index in [4.69, 9.17) is 32.4 Å². The van der Waals surface area contributed by atoms with Crippen LogP contribution in [0.4, 0.5) is 6.01 Å². The highest BCUT2D eigenvalue weighted by molar-refractivity contribution is 6.35. The van der Waals surface area contributed by atoms with Gasteiger partial charge in [-0.05, 0) is 31.2 Å². The van der Waals surface area contributed by atoms with Crippen molar-refractivity contribution in [2.24, 2.45) is 7.05 Å². The SMILES string of the molecule is Cc1cc(-c2nnc(NC(=O)COc3ccc(Cl)cc3Cl)o2)nn1C. The summed E-state index contributed by atoms with van der Waals surface area (Å²) in [4.78, 5) is 11.9. The van der Waals surface area contributed by atoms with Crippen molar-refractivity contribution in [2.45, 2.75) is 6.92 Å². The Kier molecular flexibility index (Phi) is 4.91. The van der Waals surface area contributed by atoms with Crippen molar-refractivity contribution in [3.05, 3.63) is 40.0 Å². The molecule has 8 nitrogen and oxygen atoms in total. The molecule has 0 fully saturated rings. The van der Waals surface area contributed by atoms with Gasteiger partial charge in [0.2, 0.25) is 0 Å². The molecule has 0 aliphatic rings. The van der Waals surface area contributed by atoms with Crippen LogP contribution in [-0.2, 0) is 11.8 Å². The summed E-state index contributed by atoms with van der Waals surface area (Å²) in [6.45, 7) is 1.62. The molecule has 130 valence electrons. The normalized spacial score (nSPS) is 10.7. The van der Waals surface area contributed by atoms with Crippen LogP contribution >= 0.6 is 23.2 Å². The van der Waals surface area contributed by atoms with Crippen LogP contribution in [0.1, 0.15) is 5.69 Å². The van der Waals surface area contributed by atoms with Crippen LogP contribution in [0, 0.1) is 6.92 Å². The molecule has 3 aromatic rings. The number of hydrogen-bond acceptors (Lipinski definition) is 6. The molecule has 0 aliphatic carbocycles. The van der Waals surface area contributed by atoms with Gasteiger partial charge in [-0.25, -0.2) is 0 Å². The van der Waals surface area contributed by atoms with Gasteiger partial charge in [0.05, 0.1) is 5.02 Å². The number of anilines is 1. The van der Waals surface area contributed by atoms with E-state index in [0.29, 0.717) is 21.5 Å². The molecule has 0 spiro atoms. The Labute approximate surface area is 152 Å². The maximum Gasteiger partial charge on any atom is 0.322 e. The maximum atomic E-state index is 11.9. The quantitative estimate of drug-likeness (QED) is 0.729. The summed E-state index contributed by atoms with van der Waals surface area (Å²) in [6.07, 6.45) is 0. The van der Waals surface area contributed by atoms with Gasteiger partial charge >= 0.3 is 6.01 Å². The molecule has 0 unspecified atom stereocenters. The topological polar surface area (TPSA) is 95.1 Å². The minimum Gasteiger partial charge on any atom is -0.482 e. The molecule has 0 saturated heterocycles. The fraction of sp³-hybridized carbons (Fsp3) is 0.200. The highest BCUT2D eigenvalue weighted by Gasteiger charge is 2.15. The average Bonchev–Trinajstić information content (AvgIpc) is 3.14. The Morgan fingerprint density at radius 3 is 2.80 bits per heavy atom. The summed E-state index contributed by atoms with van der Waals surface area (Å²) >= 11 is 11.8. The first-order valence-electron chi connectivity index (χ1n) is 7.14. The number of aromatic nitrogens is 4. The van der Waals surface area contributed by atoms with E-state index in [-0.39, 0.29) is 18.5 Å². The maximum absolute atomic E-state index is 11.9. The molecule has 0 aliphatic heterocycles. The zero-order chi connectivity index (χ0) is 18.0. The second kappa shape index (κ2) is 7.12. The minimum atomic E-state index is -0.474. The second-order valence-electron chi connectivity index (χ2n) is 5.12. The number of rotatable bonds is 5. The lowest BCUT2D eigenvalue weighted by molar-refractivity contribution is -0.118. The van der Waals surface area contributed by atoms with Gasteiger partial charge in [-0.1, -0.05) is 28.3 Å². The van der Waals surface area contributed by atoms with E-state index >= 15 is 0 Å². The molecule has 2 heterocycles. The van der Waals surface area contributed by atoms with Crippen molar-refractivity contribution in [1.29, 1.82) is 0 Å². The van der Waals surface area contributed by atoms with E-state index in [0.717, 1.165) is 5.69 Å². The summed E-state index contributed by atoms with van der Waals surface area (Å²) < 4.78 is 12.4. The van der Waals surface area contributed by atoms with Gasteiger partial charge in [-0.2, -0.15) is 5.10 Å². The lowest BCUT2D eigenvalue weighted by atomic mass is 10.3. The number of carbonyl (C=O) groups is 1. The lowest BCUT2D eigenvalue weighted by Gasteiger charge is -2.07. The highest BCUT2D eigenvalue weighted by atomic mass is 35.5. The van der Waals surface area contributed by atoms with E-state index in [2.05, 4.69) is 20.6 Å². The Morgan fingerprint density at radius 1 is 1.32 bits per heavy atom. The Bertz CT molecular complexity index is 902. The molecule has 0 bridgehead atoms. The van der Waals surface area contributed by atoms with Gasteiger partial charge in [0.1, 0.15) is 11.4 Å². The number of aryl methyl sites for hydroxylation is 2. The van der Waals surface area contributed by atoms with Gasteiger partial charge in [-0.15, -0.1) is 5.10 Å². The molecule has 2 aromatic heterocycles. The second-order valence-corrected chi connectivity index (χ2v) is 5.96. The number of ether oxygens (including phenoxy) is 1. The van der Waals surface area contributed by atoms with Crippen LogP contribution in [0.25, 0.3) is 11.6 Å². The van der Waals surface area contributed by atoms with Crippen molar-refractivity contribution < 1.29 is 13.9 Å². The van der Waals surface area contributed by atoms with Gasteiger partial charge in [-0.3, -0.25) is 14.8 Å². The van der Waals surface area contributed by atoms with Gasteiger partial charge in [0.15, 0.2) is 6.61 Å². The standard InChI is InChI=1S/C15H13Cl2N5O3/c1-8-5-11(21-22(8)2)14-19-20-15(25-14)18-13(23)7-24-12-4-3-9(16)6-10(12)17/h3-6H,7H2,1-2H3,(H,18,20,23). The summed E-state index contributed by atoms with van der Waals surface area (Å²) in [7, 11) is 1.80. The Morgan fingerprint density at radius 2 is 2.12 bits per heavy atom. The molecular formula is C15H13Cl2N5O3. The number of halogens is 2. The largest absolute Gasteiger partial charge is 0.482 e. The summed E-state index contributed by atoms with van der Waals surface area (Å²) in [6, 6.07) is 6.46. The number of benzene rings is 1. The van der Waals surface area contributed by atoms with Gasteiger partial charge < -0.3 is 9.15 Å². The van der Waals surface area contributed by atoms with E-state index in [1.807, 2.05) is 6.92 Å². The molecule has 1 amide bonds. The fourth-order valence-corrected chi connectivity index (χ4v) is 2.40. The molecule has 0 atom stereocenters. The number of hydrogen-bond donors (Lipinski definition) is 1. The molecule has 0 saturated carbocycles. The van der Waals surface area contributed by atoms with Crippen LogP contribution in [0.15, 0.2) is 28.7 Å². The van der Waals surface area contributed by atoms with Gasteiger partial charge in [0, 0.05) is 17.8 Å². The van der Waals surface area contributed by atoms with Crippen LogP contribution in [0.5, 0.6) is 5.75 Å². The van der Waals surface area contributed by atoms with Gasteiger partial charge in [0.25, 0.3) is 11.8 Å². The third-order valence-corrected chi connectivity index (χ3v) is 3.79. The van der Waals surface area contributed by atoms with Crippen LogP contribution in [0.2, 0.25) is 10.0 Å². The van der Waals surface area contributed by atoms with Crippen molar-refractivity contribution in [3.8, 4) is 17.3 Å². The zero-order valence-electron chi connectivity index (χ0n) is 13.3. The van der Waals surface area contributed by atoms with E-state index in [1.54, 1.807) is 29.9 Å². The van der Waals surface area contributed by atoms with Crippen molar-refractivity contribution in [1.82, 2.24) is 20.0 Å². The third kappa shape index (κ3) is 4.09. The Hall–Kier alpha value is -2.58. The molecule has 1 N–H and O–H groups in total. The average molecular weight is 382 g/mol. The smallest absolute Gasteiger partial charge is 0.322 e. The van der Waals surface area contributed by atoms with Crippen molar-refractivity contribution >= 4 is 35.1 Å². The van der Waals surface area contributed by atoms with Crippen LogP contribution in [0.3, 0.4) is 0 Å². The van der Waals surface area contributed by atoms with Crippen LogP contribution < -0.4 is 10.1 Å².